The summed E-state index contributed by atoms with van der Waals surface area (Å²) < 4.78 is 0. The van der Waals surface area contributed by atoms with Crippen molar-refractivity contribution in [3.05, 3.63) is 24.5 Å². The average Bonchev–Trinajstić information content (AvgIpc) is 2.45. The van der Waals surface area contributed by atoms with E-state index in [2.05, 4.69) is 4.98 Å². The molecule has 2 rings (SSSR count). The van der Waals surface area contributed by atoms with Gasteiger partial charge in [-0.1, -0.05) is 0 Å². The second kappa shape index (κ2) is 1.92. The average molecular weight is 147 g/mol. The van der Waals surface area contributed by atoms with E-state index in [4.69, 9.17) is 11.5 Å². The van der Waals surface area contributed by atoms with E-state index in [1.165, 1.54) is 0 Å². The highest BCUT2D eigenvalue weighted by molar-refractivity contribution is 6.00. The number of nitrogens with one attached hydrogen (secondary N) is 1. The van der Waals surface area contributed by atoms with Gasteiger partial charge >= 0.3 is 0 Å². The fraction of sp³-hybridized carbons (Fsp3) is 0. The van der Waals surface area contributed by atoms with Gasteiger partial charge in [-0.25, -0.2) is 0 Å². The van der Waals surface area contributed by atoms with Crippen LogP contribution in [-0.2, 0) is 0 Å². The third-order valence-corrected chi connectivity index (χ3v) is 1.81. The molecule has 1 aromatic carbocycles. The van der Waals surface area contributed by atoms with Gasteiger partial charge in [-0.3, -0.25) is 0 Å². The summed E-state index contributed by atoms with van der Waals surface area (Å²) in [7, 11) is 0. The minimum Gasteiger partial charge on any atom is -0.398 e. The Hall–Kier alpha value is -1.64. The van der Waals surface area contributed by atoms with E-state index < -0.39 is 0 Å². The Morgan fingerprint density at radius 1 is 0.909 bits per heavy atom. The van der Waals surface area contributed by atoms with Crippen molar-refractivity contribution in [3.63, 3.8) is 0 Å². The third kappa shape index (κ3) is 0.741. The fourth-order valence-corrected chi connectivity index (χ4v) is 1.20. The maximum absolute atomic E-state index is 5.69. The van der Waals surface area contributed by atoms with E-state index in [-0.39, 0.29) is 0 Å². The van der Waals surface area contributed by atoms with Gasteiger partial charge in [0.25, 0.3) is 0 Å². The second-order valence-electron chi connectivity index (χ2n) is 2.53. The molecule has 3 heteroatoms. The first-order valence-corrected chi connectivity index (χ1v) is 3.39. The number of aromatic nitrogens is 1. The Bertz CT molecular complexity index is 353. The fourth-order valence-electron chi connectivity index (χ4n) is 1.20. The number of hydrogen-bond acceptors (Lipinski definition) is 2. The smallest absolute Gasteiger partial charge is 0.0410 e. The Kier molecular flexibility index (Phi) is 1.06. The van der Waals surface area contributed by atoms with Crippen LogP contribution >= 0.6 is 0 Å². The number of aromatic amines is 1. The minimum absolute atomic E-state index is 0.760. The Morgan fingerprint density at radius 2 is 1.36 bits per heavy atom. The zero-order chi connectivity index (χ0) is 7.84. The summed E-state index contributed by atoms with van der Waals surface area (Å²) in [5.41, 5.74) is 12.9. The van der Waals surface area contributed by atoms with Crippen molar-refractivity contribution in [3.8, 4) is 0 Å². The van der Waals surface area contributed by atoms with Gasteiger partial charge in [-0.2, -0.15) is 0 Å². The molecule has 0 atom stereocenters. The van der Waals surface area contributed by atoms with Gasteiger partial charge in [0.2, 0.25) is 0 Å². The summed E-state index contributed by atoms with van der Waals surface area (Å²) in [5.74, 6) is 0. The maximum Gasteiger partial charge on any atom is 0.0410 e. The molecule has 56 valence electrons. The summed E-state index contributed by atoms with van der Waals surface area (Å²) in [5, 5.41) is 1.98. The zero-order valence-electron chi connectivity index (χ0n) is 5.96. The molecule has 1 aromatic heterocycles. The number of benzene rings is 1. The molecule has 0 aliphatic heterocycles. The number of rotatable bonds is 0. The van der Waals surface area contributed by atoms with Crippen LogP contribution < -0.4 is 11.5 Å². The van der Waals surface area contributed by atoms with E-state index in [1.54, 1.807) is 0 Å². The number of H-pyrrole nitrogens is 1. The van der Waals surface area contributed by atoms with Gasteiger partial charge in [0.1, 0.15) is 0 Å². The first kappa shape index (κ1) is 6.09. The van der Waals surface area contributed by atoms with Gasteiger partial charge in [0, 0.05) is 34.5 Å². The number of nitrogens with two attached hydrogens (primary N) is 2. The minimum atomic E-state index is 0.760. The molecule has 0 unspecified atom stereocenters. The van der Waals surface area contributed by atoms with Gasteiger partial charge < -0.3 is 16.5 Å². The molecule has 0 fully saturated rings. The van der Waals surface area contributed by atoms with Gasteiger partial charge in [-0.15, -0.1) is 0 Å². The van der Waals surface area contributed by atoms with Gasteiger partial charge in [0.15, 0.2) is 0 Å². The van der Waals surface area contributed by atoms with Crippen molar-refractivity contribution in [2.45, 2.75) is 0 Å². The number of fused-ring (bicyclic) bond motifs is 1. The normalized spacial score (nSPS) is 10.5. The molecule has 2 aromatic rings. The molecule has 0 saturated carbocycles. The maximum atomic E-state index is 5.69. The van der Waals surface area contributed by atoms with E-state index in [9.17, 15) is 0 Å². The van der Waals surface area contributed by atoms with E-state index in [0.29, 0.717) is 0 Å². The summed E-state index contributed by atoms with van der Waals surface area (Å²) in [6, 6.07) is 3.62. The molecule has 11 heavy (non-hydrogen) atoms. The van der Waals surface area contributed by atoms with Crippen LogP contribution in [0.1, 0.15) is 0 Å². The van der Waals surface area contributed by atoms with E-state index >= 15 is 0 Å². The molecule has 5 N–H and O–H groups in total. The molecule has 0 saturated heterocycles. The van der Waals surface area contributed by atoms with Crippen LogP contribution in [0.4, 0.5) is 11.4 Å². The lowest BCUT2D eigenvalue weighted by atomic mass is 10.1. The van der Waals surface area contributed by atoms with Crippen LogP contribution in [0, 0.1) is 0 Å². The van der Waals surface area contributed by atoms with Crippen LogP contribution in [0.3, 0.4) is 0 Å². The topological polar surface area (TPSA) is 67.8 Å². The van der Waals surface area contributed by atoms with Crippen molar-refractivity contribution in [2.75, 3.05) is 11.5 Å². The summed E-state index contributed by atoms with van der Waals surface area (Å²) in [4.78, 5) is 2.96. The molecule has 0 amide bonds. The van der Waals surface area contributed by atoms with Crippen LogP contribution in [-0.4, -0.2) is 4.98 Å². The first-order chi connectivity index (χ1) is 5.29. The number of anilines is 2. The molecule has 3 nitrogen and oxygen atoms in total. The van der Waals surface area contributed by atoms with Crippen molar-refractivity contribution in [2.24, 2.45) is 0 Å². The molecule has 0 radical (unpaired) electrons. The first-order valence-electron chi connectivity index (χ1n) is 3.39. The third-order valence-electron chi connectivity index (χ3n) is 1.81. The number of hydrogen-bond donors (Lipinski definition) is 3. The van der Waals surface area contributed by atoms with E-state index in [0.717, 1.165) is 22.1 Å². The molecule has 0 aliphatic carbocycles. The van der Waals surface area contributed by atoms with Crippen LogP contribution in [0.5, 0.6) is 0 Å². The molecule has 0 aliphatic rings. The standard InChI is InChI=1S/C8H9N3/c9-7-1-2-8(10)6-4-11-3-5(6)7/h1-4,11H,9-10H2. The summed E-state index contributed by atoms with van der Waals surface area (Å²) >= 11 is 0. The molecular formula is C8H9N3. The highest BCUT2D eigenvalue weighted by Gasteiger charge is 2.00. The van der Waals surface area contributed by atoms with Gasteiger partial charge in [-0.05, 0) is 12.1 Å². The summed E-state index contributed by atoms with van der Waals surface area (Å²) in [6.45, 7) is 0. The van der Waals surface area contributed by atoms with Crippen molar-refractivity contribution < 1.29 is 0 Å². The molecule has 0 bridgehead atoms. The lowest BCUT2D eigenvalue weighted by Crippen LogP contribution is -1.89. The highest BCUT2D eigenvalue weighted by atomic mass is 14.7. The van der Waals surface area contributed by atoms with Crippen molar-refractivity contribution in [1.29, 1.82) is 0 Å². The predicted octanol–water partition coefficient (Wildman–Crippen LogP) is 1.33. The van der Waals surface area contributed by atoms with Crippen LogP contribution in [0.15, 0.2) is 24.5 Å². The SMILES string of the molecule is Nc1ccc(N)c2c[nH]cc12. The lowest BCUT2D eigenvalue weighted by Gasteiger charge is -1.97. The Balaban J connectivity index is 2.96. The monoisotopic (exact) mass is 147 g/mol. The molecule has 1 heterocycles. The highest BCUT2D eigenvalue weighted by Crippen LogP contribution is 2.25. The quantitative estimate of drug-likeness (QED) is 0.492. The zero-order valence-corrected chi connectivity index (χ0v) is 5.96. The van der Waals surface area contributed by atoms with Gasteiger partial charge in [0.05, 0.1) is 0 Å². The lowest BCUT2D eigenvalue weighted by molar-refractivity contribution is 1.43. The largest absolute Gasteiger partial charge is 0.398 e. The van der Waals surface area contributed by atoms with E-state index in [1.807, 2.05) is 24.5 Å². The van der Waals surface area contributed by atoms with Crippen LogP contribution in [0.2, 0.25) is 0 Å². The number of nitrogen functional groups attached to an aromatic ring is 2. The Labute approximate surface area is 64.0 Å². The van der Waals surface area contributed by atoms with Crippen LogP contribution in [0.25, 0.3) is 10.8 Å². The second-order valence-corrected chi connectivity index (χ2v) is 2.53. The van der Waals surface area contributed by atoms with Crippen molar-refractivity contribution in [1.82, 2.24) is 4.98 Å². The predicted molar refractivity (Wildman–Crippen MR) is 47.1 cm³/mol. The van der Waals surface area contributed by atoms with Crippen molar-refractivity contribution >= 4 is 22.1 Å². The molecular weight excluding hydrogens is 138 g/mol. The molecule has 0 spiro atoms. The Morgan fingerprint density at radius 3 is 1.82 bits per heavy atom. The summed E-state index contributed by atoms with van der Waals surface area (Å²) in [6.07, 6.45) is 3.70.